The summed E-state index contributed by atoms with van der Waals surface area (Å²) in [5, 5.41) is 5.45. The number of nitrogens with one attached hydrogen (secondary N) is 1. The number of nitrogens with zero attached hydrogens (tertiary/aromatic N) is 1. The van der Waals surface area contributed by atoms with Gasteiger partial charge < -0.3 is 5.32 Å². The van der Waals surface area contributed by atoms with Gasteiger partial charge in [0.15, 0.2) is 0 Å². The highest BCUT2D eigenvalue weighted by atomic mass is 35.5. The van der Waals surface area contributed by atoms with Crippen molar-refractivity contribution in [3.8, 4) is 0 Å². The van der Waals surface area contributed by atoms with E-state index in [1.54, 1.807) is 0 Å². The Morgan fingerprint density at radius 1 is 1.38 bits per heavy atom. The van der Waals surface area contributed by atoms with E-state index in [1.165, 1.54) is 22.0 Å². The molecule has 1 unspecified atom stereocenters. The third kappa shape index (κ3) is 3.15. The van der Waals surface area contributed by atoms with Crippen LogP contribution in [0.2, 0.25) is 5.02 Å². The Bertz CT molecular complexity index is 648. The van der Waals surface area contributed by atoms with Crippen molar-refractivity contribution < 1.29 is 0 Å². The first-order valence-electron chi connectivity index (χ1n) is 7.38. The maximum absolute atomic E-state index is 6.27. The minimum atomic E-state index is 0.316. The highest BCUT2D eigenvalue weighted by molar-refractivity contribution is 7.11. The van der Waals surface area contributed by atoms with E-state index in [1.807, 2.05) is 36.6 Å². The van der Waals surface area contributed by atoms with Gasteiger partial charge in [-0.2, -0.15) is 0 Å². The molecule has 0 amide bonds. The van der Waals surface area contributed by atoms with Gasteiger partial charge in [0.1, 0.15) is 0 Å². The van der Waals surface area contributed by atoms with E-state index in [2.05, 4.69) is 25.2 Å². The van der Waals surface area contributed by atoms with Crippen LogP contribution in [0.15, 0.2) is 24.3 Å². The molecular weight excluding hydrogens is 300 g/mol. The SMILES string of the molecule is CNC1CC(C)(C)Cc2nc(Cc3ccccc3Cl)sc21. The standard InChI is InChI=1S/C17H21ClN2S/c1-17(2)9-13(19-3)16-14(10-17)20-15(21-16)8-11-6-4-5-7-12(11)18/h4-7,13,19H,8-10H2,1-3H3. The summed E-state index contributed by atoms with van der Waals surface area (Å²) >= 11 is 8.11. The smallest absolute Gasteiger partial charge is 0.0976 e. The monoisotopic (exact) mass is 320 g/mol. The number of thiazole rings is 1. The molecule has 1 aromatic carbocycles. The summed E-state index contributed by atoms with van der Waals surface area (Å²) in [5.74, 6) is 0. The molecule has 1 aliphatic carbocycles. The summed E-state index contributed by atoms with van der Waals surface area (Å²) in [4.78, 5) is 6.32. The highest BCUT2D eigenvalue weighted by Crippen LogP contribution is 2.43. The Morgan fingerprint density at radius 2 is 2.14 bits per heavy atom. The van der Waals surface area contributed by atoms with Crippen molar-refractivity contribution in [2.45, 2.75) is 39.2 Å². The summed E-state index contributed by atoms with van der Waals surface area (Å²) < 4.78 is 0. The Labute approximate surface area is 135 Å². The van der Waals surface area contributed by atoms with Crippen molar-refractivity contribution >= 4 is 22.9 Å². The molecule has 0 bridgehead atoms. The zero-order chi connectivity index (χ0) is 15.0. The van der Waals surface area contributed by atoms with Crippen molar-refractivity contribution in [3.05, 3.63) is 50.4 Å². The van der Waals surface area contributed by atoms with Gasteiger partial charge in [-0.3, -0.25) is 0 Å². The number of benzene rings is 1. The second-order valence-corrected chi connectivity index (χ2v) is 8.10. The normalized spacial score (nSPS) is 20.3. The topological polar surface area (TPSA) is 24.9 Å². The van der Waals surface area contributed by atoms with Crippen molar-refractivity contribution in [2.75, 3.05) is 7.05 Å². The van der Waals surface area contributed by atoms with E-state index in [0.29, 0.717) is 11.5 Å². The molecule has 1 atom stereocenters. The van der Waals surface area contributed by atoms with Crippen molar-refractivity contribution in [1.82, 2.24) is 10.3 Å². The number of fused-ring (bicyclic) bond motifs is 1. The van der Waals surface area contributed by atoms with Crippen LogP contribution < -0.4 is 5.32 Å². The zero-order valence-electron chi connectivity index (χ0n) is 12.7. The summed E-state index contributed by atoms with van der Waals surface area (Å²) in [6.45, 7) is 4.65. The lowest BCUT2D eigenvalue weighted by Crippen LogP contribution is -2.30. The van der Waals surface area contributed by atoms with Gasteiger partial charge >= 0.3 is 0 Å². The van der Waals surface area contributed by atoms with Gasteiger partial charge in [-0.15, -0.1) is 11.3 Å². The second-order valence-electron chi connectivity index (χ2n) is 6.57. The van der Waals surface area contributed by atoms with Crippen LogP contribution in [-0.4, -0.2) is 12.0 Å². The zero-order valence-corrected chi connectivity index (χ0v) is 14.3. The van der Waals surface area contributed by atoms with Gasteiger partial charge in [0.25, 0.3) is 0 Å². The molecule has 0 saturated carbocycles. The van der Waals surface area contributed by atoms with Crippen LogP contribution in [0, 0.1) is 5.41 Å². The fourth-order valence-electron chi connectivity index (χ4n) is 3.10. The molecule has 2 nitrogen and oxygen atoms in total. The second kappa shape index (κ2) is 5.71. The molecule has 0 saturated heterocycles. The van der Waals surface area contributed by atoms with Crippen LogP contribution in [0.4, 0.5) is 0 Å². The first-order valence-corrected chi connectivity index (χ1v) is 8.57. The quantitative estimate of drug-likeness (QED) is 0.892. The average Bonchev–Trinajstić information content (AvgIpc) is 2.81. The van der Waals surface area contributed by atoms with Crippen LogP contribution in [0.1, 0.15) is 47.5 Å². The van der Waals surface area contributed by atoms with Crippen molar-refractivity contribution in [2.24, 2.45) is 5.41 Å². The Kier molecular flexibility index (Phi) is 4.08. The van der Waals surface area contributed by atoms with E-state index in [4.69, 9.17) is 16.6 Å². The first-order chi connectivity index (χ1) is 9.98. The summed E-state index contributed by atoms with van der Waals surface area (Å²) in [7, 11) is 2.04. The lowest BCUT2D eigenvalue weighted by Gasteiger charge is -2.34. The Morgan fingerprint density at radius 3 is 2.86 bits per heavy atom. The van der Waals surface area contributed by atoms with E-state index in [-0.39, 0.29) is 0 Å². The summed E-state index contributed by atoms with van der Waals surface area (Å²) in [5.41, 5.74) is 2.75. The molecule has 3 rings (SSSR count). The molecule has 4 heteroatoms. The fraction of sp³-hybridized carbons (Fsp3) is 0.471. The lowest BCUT2D eigenvalue weighted by atomic mass is 9.76. The van der Waals surface area contributed by atoms with Gasteiger partial charge in [0, 0.05) is 22.4 Å². The van der Waals surface area contributed by atoms with Gasteiger partial charge in [-0.1, -0.05) is 43.6 Å². The number of hydrogen-bond acceptors (Lipinski definition) is 3. The molecule has 0 radical (unpaired) electrons. The molecule has 1 aliphatic rings. The highest BCUT2D eigenvalue weighted by Gasteiger charge is 2.34. The van der Waals surface area contributed by atoms with Crippen LogP contribution in [0.3, 0.4) is 0 Å². The average molecular weight is 321 g/mol. The lowest BCUT2D eigenvalue weighted by molar-refractivity contribution is 0.265. The molecule has 0 fully saturated rings. The van der Waals surface area contributed by atoms with Gasteiger partial charge in [-0.25, -0.2) is 4.98 Å². The largest absolute Gasteiger partial charge is 0.312 e. The van der Waals surface area contributed by atoms with Crippen LogP contribution in [0.25, 0.3) is 0 Å². The van der Waals surface area contributed by atoms with E-state index >= 15 is 0 Å². The van der Waals surface area contributed by atoms with Gasteiger partial charge in [0.05, 0.1) is 10.7 Å². The number of halogens is 1. The molecule has 2 aromatic rings. The Hall–Kier alpha value is -0.900. The predicted molar refractivity (Wildman–Crippen MR) is 90.3 cm³/mol. The molecule has 21 heavy (non-hydrogen) atoms. The maximum Gasteiger partial charge on any atom is 0.0976 e. The van der Waals surface area contributed by atoms with Crippen molar-refractivity contribution in [1.29, 1.82) is 0 Å². The fourth-order valence-corrected chi connectivity index (χ4v) is 4.52. The minimum absolute atomic E-state index is 0.316. The third-order valence-corrected chi connectivity index (χ3v) is 5.72. The van der Waals surface area contributed by atoms with E-state index < -0.39 is 0 Å². The molecule has 1 heterocycles. The molecule has 0 spiro atoms. The van der Waals surface area contributed by atoms with Crippen LogP contribution in [0.5, 0.6) is 0 Å². The van der Waals surface area contributed by atoms with Crippen LogP contribution >= 0.6 is 22.9 Å². The molecule has 0 aliphatic heterocycles. The van der Waals surface area contributed by atoms with E-state index in [9.17, 15) is 0 Å². The van der Waals surface area contributed by atoms with Crippen molar-refractivity contribution in [3.63, 3.8) is 0 Å². The van der Waals surface area contributed by atoms with Gasteiger partial charge in [0.2, 0.25) is 0 Å². The molecule has 1 N–H and O–H groups in total. The number of aromatic nitrogens is 1. The van der Waals surface area contributed by atoms with Gasteiger partial charge in [-0.05, 0) is 36.9 Å². The predicted octanol–water partition coefficient (Wildman–Crippen LogP) is 4.62. The maximum atomic E-state index is 6.27. The third-order valence-electron chi connectivity index (χ3n) is 4.14. The Balaban J connectivity index is 1.90. The number of hydrogen-bond donors (Lipinski definition) is 1. The number of rotatable bonds is 3. The summed E-state index contributed by atoms with van der Waals surface area (Å²) in [6, 6.07) is 8.47. The molecule has 112 valence electrons. The molecular formula is C17H21ClN2S. The first kappa shape index (κ1) is 15.0. The van der Waals surface area contributed by atoms with Crippen LogP contribution in [-0.2, 0) is 12.8 Å². The summed E-state index contributed by atoms with van der Waals surface area (Å²) in [6.07, 6.45) is 3.07. The molecule has 1 aromatic heterocycles. The minimum Gasteiger partial charge on any atom is -0.312 e. The van der Waals surface area contributed by atoms with E-state index in [0.717, 1.165) is 23.4 Å².